The lowest BCUT2D eigenvalue weighted by Crippen LogP contribution is -2.55. The minimum atomic E-state index is -0.215. The summed E-state index contributed by atoms with van der Waals surface area (Å²) in [5.74, 6) is -0.745. The first-order chi connectivity index (χ1) is 29.9. The Balaban J connectivity index is 1.32. The Bertz CT molecular complexity index is 3320. The molecule has 0 N–H and O–H groups in total. The minimum absolute atomic E-state index is 0.00262. The molecular weight excluding hydrogens is 750 g/mol. The van der Waals surface area contributed by atoms with E-state index in [1.807, 2.05) is 53.1 Å². The van der Waals surface area contributed by atoms with E-state index in [2.05, 4.69) is 15.0 Å². The van der Waals surface area contributed by atoms with Crippen LogP contribution in [-0.4, -0.2) is 158 Å². The molecule has 0 fully saturated rings. The molecule has 0 saturated carbocycles. The molecule has 0 amide bonds. The van der Waals surface area contributed by atoms with Crippen molar-refractivity contribution in [1.82, 2.24) is 24.5 Å². The highest BCUT2D eigenvalue weighted by atomic mass is 16.3. The quantitative estimate of drug-likeness (QED) is 0.164. The van der Waals surface area contributed by atoms with Gasteiger partial charge in [0, 0.05) is 38.7 Å². The Hall–Kier alpha value is -5.30. The molecule has 0 atom stereocenters. The molecule has 0 unspecified atom stereocenters. The lowest BCUT2D eigenvalue weighted by molar-refractivity contribution is 0.623. The molecule has 0 aliphatic heterocycles. The molecule has 0 bridgehead atoms. The summed E-state index contributed by atoms with van der Waals surface area (Å²) in [6, 6.07) is 15.5. The SMILES string of the molecule is [B]c1c([B])c([B])c(-c2nc(-c3c([B])c([B])c([B])c([B])c3[B])nc(-c3c([B])c([B])c4oc(-c5c([B])c([B])c([B])c(-n6c7ccccc7c7ccccc76)c5[B])nc4c3[B])n2)c([B])c1[B]. The van der Waals surface area contributed by atoms with E-state index in [9.17, 15) is 0 Å². The topological polar surface area (TPSA) is 69.6 Å². The number of benzene rings is 6. The van der Waals surface area contributed by atoms with Crippen LogP contribution in [0.25, 0.3) is 84.2 Å². The summed E-state index contributed by atoms with van der Waals surface area (Å²) < 4.78 is 8.20. The highest BCUT2D eigenvalue weighted by Crippen LogP contribution is 2.32. The predicted octanol–water partition coefficient (Wildman–Crippen LogP) is -10.7. The van der Waals surface area contributed by atoms with Gasteiger partial charge < -0.3 is 8.98 Å². The van der Waals surface area contributed by atoms with Crippen LogP contribution < -0.4 is 92.9 Å². The van der Waals surface area contributed by atoms with Crippen LogP contribution in [0.4, 0.5) is 0 Å². The highest BCUT2D eigenvalue weighted by molar-refractivity contribution is 6.70. The number of rotatable bonds is 5. The molecule has 63 heavy (non-hydrogen) atoms. The van der Waals surface area contributed by atoms with Gasteiger partial charge in [0.1, 0.15) is 144 Å². The first-order valence-corrected chi connectivity index (χ1v) is 18.7. The van der Waals surface area contributed by atoms with E-state index in [1.165, 1.54) is 0 Å². The second-order valence-corrected chi connectivity index (χ2v) is 14.8. The number of oxazole rings is 1. The normalized spacial score (nSPS) is 11.6. The van der Waals surface area contributed by atoms with Crippen molar-refractivity contribution in [2.75, 3.05) is 0 Å². The molecule has 9 rings (SSSR count). The molecule has 23 heteroatoms. The summed E-state index contributed by atoms with van der Waals surface area (Å²) in [4.78, 5) is 18.7. The van der Waals surface area contributed by atoms with Crippen molar-refractivity contribution < 1.29 is 4.42 Å². The third kappa shape index (κ3) is 6.26. The fraction of sp³-hybridized carbons (Fsp3) is 0. The van der Waals surface area contributed by atoms with Crippen molar-refractivity contribution in [3.8, 4) is 51.3 Å². The summed E-state index contributed by atoms with van der Waals surface area (Å²) in [6.07, 6.45) is 0. The number of aromatic nitrogens is 5. The molecular formula is C40H8B17N5O. The van der Waals surface area contributed by atoms with Gasteiger partial charge in [-0.25, -0.2) is 19.9 Å². The van der Waals surface area contributed by atoms with E-state index in [1.54, 1.807) is 0 Å². The summed E-state index contributed by atoms with van der Waals surface area (Å²) in [5.41, 5.74) is 0.766. The maximum atomic E-state index is 7.02. The number of nitrogens with zero attached hydrogens (tertiary/aromatic N) is 5. The van der Waals surface area contributed by atoms with E-state index in [0.717, 1.165) is 21.8 Å². The van der Waals surface area contributed by atoms with Gasteiger partial charge in [-0.3, -0.25) is 0 Å². The molecule has 6 nitrogen and oxygen atoms in total. The zero-order valence-electron chi connectivity index (χ0n) is 33.1. The van der Waals surface area contributed by atoms with Gasteiger partial charge in [0.25, 0.3) is 0 Å². The summed E-state index contributed by atoms with van der Waals surface area (Å²) in [5, 5.41) is 1.89. The third-order valence-electron chi connectivity index (χ3n) is 11.3. The van der Waals surface area contributed by atoms with E-state index in [0.29, 0.717) is 5.69 Å². The third-order valence-corrected chi connectivity index (χ3v) is 11.3. The maximum absolute atomic E-state index is 7.02. The second-order valence-electron chi connectivity index (χ2n) is 14.8. The maximum Gasteiger partial charge on any atom is 0.226 e. The zero-order valence-corrected chi connectivity index (χ0v) is 33.1. The molecule has 3 aromatic heterocycles. The summed E-state index contributed by atoms with van der Waals surface area (Å²) >= 11 is 0. The number of hydrogen-bond acceptors (Lipinski definition) is 5. The molecule has 34 radical (unpaired) electrons. The van der Waals surface area contributed by atoms with Crippen molar-refractivity contribution in [2.24, 2.45) is 0 Å². The lowest BCUT2D eigenvalue weighted by Gasteiger charge is -2.23. The number of fused-ring (bicyclic) bond motifs is 4. The molecule has 0 aliphatic rings. The van der Waals surface area contributed by atoms with Crippen molar-refractivity contribution in [2.45, 2.75) is 0 Å². The molecule has 0 saturated heterocycles. The van der Waals surface area contributed by atoms with Gasteiger partial charge in [-0.2, -0.15) is 0 Å². The Kier molecular flexibility index (Phi) is 10.5. The Labute approximate surface area is 385 Å². The Morgan fingerprint density at radius 1 is 0.333 bits per heavy atom. The van der Waals surface area contributed by atoms with Crippen LogP contribution in [0.2, 0.25) is 0 Å². The fourth-order valence-electron chi connectivity index (χ4n) is 7.90. The monoisotopic (exact) mass is 761 g/mol. The fourth-order valence-corrected chi connectivity index (χ4v) is 7.90. The molecule has 250 valence electrons. The zero-order chi connectivity index (χ0) is 45.2. The first kappa shape index (κ1) is 43.0. The van der Waals surface area contributed by atoms with Gasteiger partial charge >= 0.3 is 0 Å². The van der Waals surface area contributed by atoms with Crippen molar-refractivity contribution in [3.05, 3.63) is 48.5 Å². The largest absolute Gasteiger partial charge is 0.437 e. The molecule has 0 aliphatic carbocycles. The predicted molar refractivity (Wildman–Crippen MR) is 275 cm³/mol. The second kappa shape index (κ2) is 15.5. The molecule has 0 spiro atoms. The molecule has 9 aromatic rings. The van der Waals surface area contributed by atoms with Gasteiger partial charge in [0.2, 0.25) is 5.89 Å². The van der Waals surface area contributed by atoms with Gasteiger partial charge in [0.15, 0.2) is 17.5 Å². The summed E-state index contributed by atoms with van der Waals surface area (Å²) in [7, 11) is 110. The van der Waals surface area contributed by atoms with Crippen molar-refractivity contribution >= 4 is 259 Å². The standard InChI is InChI=1S/C40H8B17N5O/c41-17-13(18(42)26(50)30(54)25(17)49)37-59-38(14-19(43)27(51)31(55)28(52)20(14)44)61-39(60-37)15-21(45)33(57)36-34(23(15)47)58-40(63-36)16-22(46)29(53)32(56)35(24(16)48)62-11-7-3-1-5-9(11)10-6-2-4-8-12(10)62/h1-8H. The van der Waals surface area contributed by atoms with Crippen LogP contribution in [0.5, 0.6) is 0 Å². The van der Waals surface area contributed by atoms with E-state index in [4.69, 9.17) is 143 Å². The van der Waals surface area contributed by atoms with Crippen LogP contribution in [0.15, 0.2) is 52.9 Å². The van der Waals surface area contributed by atoms with Crippen molar-refractivity contribution in [3.63, 3.8) is 0 Å². The Morgan fingerprint density at radius 3 is 1.13 bits per heavy atom. The average molecular weight is 758 g/mol. The van der Waals surface area contributed by atoms with Gasteiger partial charge in [0.05, 0.1) is 11.0 Å². The summed E-state index contributed by atoms with van der Waals surface area (Å²) in [6.45, 7) is 0. The molecule has 3 heterocycles. The van der Waals surface area contributed by atoms with Gasteiger partial charge in [-0.15, -0.1) is 38.2 Å². The van der Waals surface area contributed by atoms with Gasteiger partial charge in [-0.05, 0) is 12.1 Å². The van der Waals surface area contributed by atoms with Crippen LogP contribution in [0.3, 0.4) is 0 Å². The first-order valence-electron chi connectivity index (χ1n) is 18.7. The highest BCUT2D eigenvalue weighted by Gasteiger charge is 2.27. The number of hydrogen-bond donors (Lipinski definition) is 0. The molecule has 6 aromatic carbocycles. The minimum Gasteiger partial charge on any atom is -0.437 e. The van der Waals surface area contributed by atoms with Crippen LogP contribution in [-0.2, 0) is 0 Å². The van der Waals surface area contributed by atoms with Crippen LogP contribution in [0, 0.1) is 0 Å². The van der Waals surface area contributed by atoms with Gasteiger partial charge in [-0.1, -0.05) is 91.0 Å². The lowest BCUT2D eigenvalue weighted by atomic mass is 9.60. The van der Waals surface area contributed by atoms with Crippen molar-refractivity contribution in [1.29, 1.82) is 0 Å². The van der Waals surface area contributed by atoms with Crippen LogP contribution in [0.1, 0.15) is 0 Å². The Morgan fingerprint density at radius 2 is 0.683 bits per heavy atom. The van der Waals surface area contributed by atoms with Crippen LogP contribution >= 0.6 is 0 Å². The number of para-hydroxylation sites is 2. The van der Waals surface area contributed by atoms with E-state index in [-0.39, 0.29) is 150 Å². The van der Waals surface area contributed by atoms with E-state index < -0.39 is 0 Å². The smallest absolute Gasteiger partial charge is 0.226 e. The van der Waals surface area contributed by atoms with E-state index >= 15 is 0 Å². The average Bonchev–Trinajstić information content (AvgIpc) is 3.86.